The van der Waals surface area contributed by atoms with Crippen molar-refractivity contribution in [1.82, 2.24) is 0 Å². The van der Waals surface area contributed by atoms with E-state index in [1.165, 1.54) is 12.1 Å². The first-order valence-corrected chi connectivity index (χ1v) is 7.00. The van der Waals surface area contributed by atoms with Crippen molar-refractivity contribution < 1.29 is 45.7 Å². The van der Waals surface area contributed by atoms with E-state index in [0.717, 1.165) is 36.4 Å². The molecule has 2 aromatic carbocycles. The summed E-state index contributed by atoms with van der Waals surface area (Å²) in [6.07, 6.45) is -11.4. The highest BCUT2D eigenvalue weighted by atomic mass is 19.4. The van der Waals surface area contributed by atoms with Crippen LogP contribution in [0.4, 0.5) is 26.3 Å². The van der Waals surface area contributed by atoms with Gasteiger partial charge in [-0.3, -0.25) is 0 Å². The van der Waals surface area contributed by atoms with Crippen LogP contribution in [0, 0.1) is 0 Å². The number of hydrogen-bond donors (Lipinski definition) is 0. The fourth-order valence-electron chi connectivity index (χ4n) is 1.93. The molecule has 0 aliphatic carbocycles. The Morgan fingerprint density at radius 1 is 0.808 bits per heavy atom. The van der Waals surface area contributed by atoms with Crippen molar-refractivity contribution in [2.75, 3.05) is 0 Å². The summed E-state index contributed by atoms with van der Waals surface area (Å²) >= 11 is 0. The number of alkyl halides is 6. The molecule has 0 spiro atoms. The molecule has 141 valence electrons. The predicted molar refractivity (Wildman–Crippen MR) is 74.5 cm³/mol. The molecule has 1 atom stereocenters. The van der Waals surface area contributed by atoms with E-state index in [2.05, 4.69) is 9.47 Å². The van der Waals surface area contributed by atoms with Gasteiger partial charge in [-0.15, -0.1) is 26.3 Å². The van der Waals surface area contributed by atoms with Crippen LogP contribution in [-0.4, -0.2) is 12.7 Å². The Bertz CT molecular complexity index is 712. The van der Waals surface area contributed by atoms with Gasteiger partial charge in [0.05, 0.1) is 6.61 Å². The van der Waals surface area contributed by atoms with Crippen LogP contribution in [0.3, 0.4) is 0 Å². The van der Waals surface area contributed by atoms with E-state index >= 15 is 0 Å². The van der Waals surface area contributed by atoms with E-state index in [4.69, 9.17) is 4.74 Å². The zero-order valence-corrected chi connectivity index (χ0v) is 12.8. The molecular formula is C16H11F6O4. The van der Waals surface area contributed by atoms with Crippen LogP contribution < -0.4 is 9.47 Å². The maximum Gasteiger partial charge on any atom is 0.573 e. The molecule has 1 unspecified atom stereocenters. The summed E-state index contributed by atoms with van der Waals surface area (Å²) in [6.45, 7) is -0.315. The molecule has 2 aromatic rings. The molecule has 0 aliphatic rings. The van der Waals surface area contributed by atoms with Crippen LogP contribution in [0.25, 0.3) is 0 Å². The fourth-order valence-corrected chi connectivity index (χ4v) is 1.93. The summed E-state index contributed by atoms with van der Waals surface area (Å²) in [7, 11) is 0. The quantitative estimate of drug-likeness (QED) is 0.515. The molecule has 1 radical (unpaired) electrons. The van der Waals surface area contributed by atoms with Crippen LogP contribution in [0.1, 0.15) is 17.4 Å². The molecule has 4 nitrogen and oxygen atoms in total. The second-order valence-electron chi connectivity index (χ2n) is 4.95. The SMILES string of the molecule is [O]C(OCc1cccc(OC(F)(F)F)c1)c1ccc(OC(F)(F)F)cc1. The van der Waals surface area contributed by atoms with Gasteiger partial charge >= 0.3 is 12.7 Å². The molecule has 2 rings (SSSR count). The van der Waals surface area contributed by atoms with Crippen LogP contribution in [-0.2, 0) is 16.5 Å². The highest BCUT2D eigenvalue weighted by Gasteiger charge is 2.31. The third-order valence-electron chi connectivity index (χ3n) is 2.92. The van der Waals surface area contributed by atoms with Gasteiger partial charge in [0.15, 0.2) is 0 Å². The van der Waals surface area contributed by atoms with Gasteiger partial charge in [0.1, 0.15) is 11.5 Å². The first-order valence-electron chi connectivity index (χ1n) is 7.00. The lowest BCUT2D eigenvalue weighted by Gasteiger charge is -2.13. The summed E-state index contributed by atoms with van der Waals surface area (Å²) in [5, 5.41) is 11.9. The maximum atomic E-state index is 12.2. The number of halogens is 6. The lowest BCUT2D eigenvalue weighted by atomic mass is 10.2. The molecular weight excluding hydrogens is 370 g/mol. The van der Waals surface area contributed by atoms with Gasteiger partial charge < -0.3 is 14.2 Å². The summed E-state index contributed by atoms with van der Waals surface area (Å²) in [4.78, 5) is 0. The van der Waals surface area contributed by atoms with Crippen LogP contribution >= 0.6 is 0 Å². The van der Waals surface area contributed by atoms with Crippen LogP contribution in [0.5, 0.6) is 11.5 Å². The lowest BCUT2D eigenvalue weighted by Crippen LogP contribution is -2.17. The molecule has 0 aromatic heterocycles. The molecule has 0 fully saturated rings. The van der Waals surface area contributed by atoms with Crippen molar-refractivity contribution in [3.63, 3.8) is 0 Å². The van der Waals surface area contributed by atoms with Gasteiger partial charge in [-0.25, -0.2) is 0 Å². The Labute approximate surface area is 143 Å². The first kappa shape index (κ1) is 19.9. The molecule has 0 heterocycles. The van der Waals surface area contributed by atoms with Gasteiger partial charge in [0, 0.05) is 5.56 Å². The van der Waals surface area contributed by atoms with E-state index in [1.807, 2.05) is 0 Å². The minimum absolute atomic E-state index is 0.0298. The summed E-state index contributed by atoms with van der Waals surface area (Å²) in [5.41, 5.74) is 0.284. The molecule has 0 bridgehead atoms. The minimum Gasteiger partial charge on any atom is -0.406 e. The molecule has 0 amide bonds. The molecule has 10 heteroatoms. The van der Waals surface area contributed by atoms with E-state index in [0.29, 0.717) is 0 Å². The normalized spacial score (nSPS) is 13.3. The highest BCUT2D eigenvalue weighted by molar-refractivity contribution is 5.29. The topological polar surface area (TPSA) is 47.6 Å². The number of ether oxygens (including phenoxy) is 3. The van der Waals surface area contributed by atoms with Crippen LogP contribution in [0.15, 0.2) is 48.5 Å². The average molecular weight is 381 g/mol. The second-order valence-corrected chi connectivity index (χ2v) is 4.95. The van der Waals surface area contributed by atoms with Crippen molar-refractivity contribution >= 4 is 0 Å². The van der Waals surface area contributed by atoms with Crippen molar-refractivity contribution in [3.05, 3.63) is 59.7 Å². The van der Waals surface area contributed by atoms with E-state index < -0.39 is 30.5 Å². The predicted octanol–water partition coefficient (Wildman–Crippen LogP) is 5.13. The molecule has 26 heavy (non-hydrogen) atoms. The maximum absolute atomic E-state index is 12.2. The highest BCUT2D eigenvalue weighted by Crippen LogP contribution is 2.26. The second kappa shape index (κ2) is 7.83. The van der Waals surface area contributed by atoms with Crippen molar-refractivity contribution in [2.45, 2.75) is 25.6 Å². The Morgan fingerprint density at radius 3 is 1.96 bits per heavy atom. The van der Waals surface area contributed by atoms with E-state index in [-0.39, 0.29) is 17.7 Å². The smallest absolute Gasteiger partial charge is 0.406 e. The molecule has 0 aliphatic heterocycles. The average Bonchev–Trinajstić information content (AvgIpc) is 2.50. The van der Waals surface area contributed by atoms with Gasteiger partial charge in [-0.1, -0.05) is 24.3 Å². The minimum atomic E-state index is -4.85. The zero-order chi connectivity index (χ0) is 19.4. The Balaban J connectivity index is 1.94. The number of benzene rings is 2. The van der Waals surface area contributed by atoms with E-state index in [9.17, 15) is 31.4 Å². The van der Waals surface area contributed by atoms with Crippen molar-refractivity contribution in [3.8, 4) is 11.5 Å². The monoisotopic (exact) mass is 381 g/mol. The van der Waals surface area contributed by atoms with E-state index in [1.54, 1.807) is 0 Å². The fraction of sp³-hybridized carbons (Fsp3) is 0.250. The Hall–Kier alpha value is -2.46. The van der Waals surface area contributed by atoms with Gasteiger partial charge in [-0.05, 0) is 29.8 Å². The summed E-state index contributed by atoms with van der Waals surface area (Å²) < 4.78 is 85.0. The van der Waals surface area contributed by atoms with Gasteiger partial charge in [-0.2, -0.15) is 5.11 Å². The zero-order valence-electron chi connectivity index (χ0n) is 12.8. The Morgan fingerprint density at radius 2 is 1.38 bits per heavy atom. The number of rotatable bonds is 6. The largest absolute Gasteiger partial charge is 0.573 e. The summed E-state index contributed by atoms with van der Waals surface area (Å²) in [5.74, 6) is -0.958. The third-order valence-corrected chi connectivity index (χ3v) is 2.92. The van der Waals surface area contributed by atoms with Crippen molar-refractivity contribution in [2.24, 2.45) is 0 Å². The lowest BCUT2D eigenvalue weighted by molar-refractivity contribution is -0.275. The first-order chi connectivity index (χ1) is 12.0. The standard InChI is InChI=1S/C16H11F6O4/c17-15(18,19)25-12-6-4-11(5-7-12)14(23)24-9-10-2-1-3-13(8-10)26-16(20,21)22/h1-8,14H,9H2. The van der Waals surface area contributed by atoms with Gasteiger partial charge in [0.25, 0.3) is 0 Å². The summed E-state index contributed by atoms with van der Waals surface area (Å²) in [6, 6.07) is 8.97. The number of hydrogen-bond acceptors (Lipinski definition) is 3. The third kappa shape index (κ3) is 6.81. The molecule has 0 saturated heterocycles. The van der Waals surface area contributed by atoms with Crippen molar-refractivity contribution in [1.29, 1.82) is 0 Å². The molecule has 0 saturated carbocycles. The van der Waals surface area contributed by atoms with Gasteiger partial charge in [0.2, 0.25) is 6.29 Å². The molecule has 0 N–H and O–H groups in total. The van der Waals surface area contributed by atoms with Crippen LogP contribution in [0.2, 0.25) is 0 Å². The Kier molecular flexibility index (Phi) is 5.98.